The second kappa shape index (κ2) is 10.4. The maximum absolute atomic E-state index is 12.3. The van der Waals surface area contributed by atoms with Crippen LogP contribution >= 0.6 is 11.3 Å². The molecule has 2 N–H and O–H groups in total. The van der Waals surface area contributed by atoms with Gasteiger partial charge < -0.3 is 9.47 Å². The maximum Gasteiger partial charge on any atom is 0.341 e. The molecule has 2 amide bonds. The summed E-state index contributed by atoms with van der Waals surface area (Å²) in [6.45, 7) is 7.28. The van der Waals surface area contributed by atoms with Gasteiger partial charge in [0, 0.05) is 5.56 Å². The van der Waals surface area contributed by atoms with E-state index in [1.54, 1.807) is 26.0 Å². The van der Waals surface area contributed by atoms with Gasteiger partial charge in [0.1, 0.15) is 10.8 Å². The van der Waals surface area contributed by atoms with Crippen molar-refractivity contribution in [3.63, 3.8) is 0 Å². The Balaban J connectivity index is 2.15. The van der Waals surface area contributed by atoms with Gasteiger partial charge in [0.2, 0.25) is 0 Å². The topological polar surface area (TPSA) is 106 Å². The molecule has 29 heavy (non-hydrogen) atoms. The van der Waals surface area contributed by atoms with Gasteiger partial charge >= 0.3 is 12.0 Å². The number of esters is 1. The molecule has 0 atom stereocenters. The molecule has 154 valence electrons. The van der Waals surface area contributed by atoms with E-state index >= 15 is 0 Å². The van der Waals surface area contributed by atoms with Crippen LogP contribution in [0.5, 0.6) is 5.75 Å². The molecule has 0 saturated carbocycles. The van der Waals surface area contributed by atoms with Crippen LogP contribution in [0.25, 0.3) is 0 Å². The van der Waals surface area contributed by atoms with E-state index in [0.29, 0.717) is 28.4 Å². The predicted octanol–water partition coefficient (Wildman–Crippen LogP) is 3.99. The van der Waals surface area contributed by atoms with Gasteiger partial charge in [-0.05, 0) is 45.4 Å². The summed E-state index contributed by atoms with van der Waals surface area (Å²) < 4.78 is 10.5. The number of thiophene rings is 1. The van der Waals surface area contributed by atoms with E-state index < -0.39 is 12.0 Å². The molecule has 0 aliphatic rings. The van der Waals surface area contributed by atoms with Crippen molar-refractivity contribution >= 4 is 40.3 Å². The lowest BCUT2D eigenvalue weighted by molar-refractivity contribution is 0.0527. The lowest BCUT2D eigenvalue weighted by atomic mass is 10.1. The molecule has 0 bridgehead atoms. The highest BCUT2D eigenvalue weighted by Gasteiger charge is 2.25. The average Bonchev–Trinajstić information content (AvgIpc) is 2.99. The second-order valence-corrected chi connectivity index (χ2v) is 6.85. The first-order valence-corrected chi connectivity index (χ1v) is 9.83. The van der Waals surface area contributed by atoms with Crippen molar-refractivity contribution in [2.75, 3.05) is 18.5 Å². The quantitative estimate of drug-likeness (QED) is 0.292. The third kappa shape index (κ3) is 5.64. The normalized spacial score (nSPS) is 10.6. The van der Waals surface area contributed by atoms with Crippen molar-refractivity contribution in [1.29, 1.82) is 0 Å². The number of nitrogens with zero attached hydrogens (tertiary/aromatic N) is 1. The number of carbonyl (C=O) groups excluding carboxylic acids is 3. The number of amides is 2. The molecule has 1 aromatic heterocycles. The number of para-hydroxylation sites is 1. The van der Waals surface area contributed by atoms with Crippen LogP contribution in [0, 0.1) is 6.92 Å². The molecule has 0 aliphatic heterocycles. The van der Waals surface area contributed by atoms with Gasteiger partial charge in [0.25, 0.3) is 0 Å². The van der Waals surface area contributed by atoms with Crippen molar-refractivity contribution < 1.29 is 23.9 Å². The zero-order valence-corrected chi connectivity index (χ0v) is 17.5. The summed E-state index contributed by atoms with van der Waals surface area (Å²) in [7, 11) is 0. The van der Waals surface area contributed by atoms with Gasteiger partial charge in [-0.1, -0.05) is 12.1 Å². The zero-order valence-electron chi connectivity index (χ0n) is 16.7. The van der Waals surface area contributed by atoms with Crippen LogP contribution in [0.4, 0.5) is 9.80 Å². The van der Waals surface area contributed by atoms with Crippen molar-refractivity contribution in [3.8, 4) is 5.75 Å². The number of hydrogen-bond acceptors (Lipinski definition) is 7. The lowest BCUT2D eigenvalue weighted by Crippen LogP contribution is -2.25. The minimum absolute atomic E-state index is 0.169. The van der Waals surface area contributed by atoms with Crippen LogP contribution in [0.2, 0.25) is 0 Å². The third-order valence-corrected chi connectivity index (χ3v) is 5.07. The largest absolute Gasteiger partial charge is 0.493 e. The summed E-state index contributed by atoms with van der Waals surface area (Å²) in [5, 5.41) is 6.70. The van der Waals surface area contributed by atoms with E-state index in [-0.39, 0.29) is 23.0 Å². The summed E-state index contributed by atoms with van der Waals surface area (Å²) in [4.78, 5) is 36.7. The van der Waals surface area contributed by atoms with Crippen molar-refractivity contribution in [3.05, 3.63) is 45.8 Å². The molecule has 0 radical (unpaired) electrons. The Labute approximate surface area is 172 Å². The SMILES string of the molecule is CCOC(=O)c1c(NC(=O)N/N=C/c2ccccc2OCC)sc(C(C)=O)c1C. The van der Waals surface area contributed by atoms with Gasteiger partial charge in [0.15, 0.2) is 5.78 Å². The number of urea groups is 1. The number of ether oxygens (including phenoxy) is 2. The smallest absolute Gasteiger partial charge is 0.341 e. The Morgan fingerprint density at radius 2 is 1.90 bits per heavy atom. The number of hydrogen-bond donors (Lipinski definition) is 2. The van der Waals surface area contributed by atoms with E-state index in [4.69, 9.17) is 9.47 Å². The number of carbonyl (C=O) groups is 3. The Kier molecular flexibility index (Phi) is 7.90. The van der Waals surface area contributed by atoms with Gasteiger partial charge in [-0.2, -0.15) is 5.10 Å². The average molecular weight is 417 g/mol. The highest BCUT2D eigenvalue weighted by molar-refractivity contribution is 7.18. The molecule has 2 rings (SSSR count). The molecule has 1 aromatic carbocycles. The molecule has 0 aliphatic carbocycles. The predicted molar refractivity (Wildman–Crippen MR) is 112 cm³/mol. The summed E-state index contributed by atoms with van der Waals surface area (Å²) in [5.74, 6) is -0.152. The molecule has 0 unspecified atom stereocenters. The van der Waals surface area contributed by atoms with Crippen molar-refractivity contribution in [2.24, 2.45) is 5.10 Å². The first-order valence-electron chi connectivity index (χ1n) is 9.02. The lowest BCUT2D eigenvalue weighted by Gasteiger charge is -2.07. The molecular formula is C20H23N3O5S. The van der Waals surface area contributed by atoms with Gasteiger partial charge in [-0.3, -0.25) is 10.1 Å². The molecule has 0 fully saturated rings. The molecule has 0 spiro atoms. The van der Waals surface area contributed by atoms with Crippen LogP contribution in [-0.4, -0.2) is 37.2 Å². The molecular weight excluding hydrogens is 394 g/mol. The molecule has 2 aromatic rings. The fourth-order valence-electron chi connectivity index (χ4n) is 2.55. The Hall–Kier alpha value is -3.20. The van der Waals surface area contributed by atoms with E-state index in [9.17, 15) is 14.4 Å². The Morgan fingerprint density at radius 1 is 1.17 bits per heavy atom. The van der Waals surface area contributed by atoms with Crippen LogP contribution in [0.3, 0.4) is 0 Å². The summed E-state index contributed by atoms with van der Waals surface area (Å²) >= 11 is 1.02. The first-order chi connectivity index (χ1) is 13.9. The summed E-state index contributed by atoms with van der Waals surface area (Å²) in [5.41, 5.74) is 3.69. The third-order valence-electron chi connectivity index (χ3n) is 3.76. The number of Topliss-reactive ketones (excluding diaryl/α,β-unsaturated/α-hetero) is 1. The number of hydrazone groups is 1. The number of ketones is 1. The first kappa shape index (κ1) is 22.1. The standard InChI is InChI=1S/C20H23N3O5S/c1-5-27-15-10-8-7-9-14(15)11-21-23-20(26)22-18-16(19(25)28-6-2)12(3)17(29-18)13(4)24/h7-11H,5-6H2,1-4H3,(H2,22,23,26)/b21-11+. The molecule has 9 heteroatoms. The van der Waals surface area contributed by atoms with Gasteiger partial charge in [0.05, 0.1) is 29.9 Å². The zero-order chi connectivity index (χ0) is 21.4. The Morgan fingerprint density at radius 3 is 2.55 bits per heavy atom. The molecule has 8 nitrogen and oxygen atoms in total. The van der Waals surface area contributed by atoms with Gasteiger partial charge in [-0.25, -0.2) is 15.0 Å². The van der Waals surface area contributed by atoms with E-state index in [1.807, 2.05) is 19.1 Å². The minimum atomic E-state index is -0.656. The van der Waals surface area contributed by atoms with Crippen LogP contribution in [0.1, 0.15) is 51.9 Å². The van der Waals surface area contributed by atoms with Crippen molar-refractivity contribution in [2.45, 2.75) is 27.7 Å². The molecule has 1 heterocycles. The van der Waals surface area contributed by atoms with Crippen LogP contribution < -0.4 is 15.5 Å². The summed E-state index contributed by atoms with van der Waals surface area (Å²) in [6, 6.07) is 6.61. The second-order valence-electron chi connectivity index (χ2n) is 5.83. The van der Waals surface area contributed by atoms with Crippen molar-refractivity contribution in [1.82, 2.24) is 5.43 Å². The highest BCUT2D eigenvalue weighted by atomic mass is 32.1. The van der Waals surface area contributed by atoms with E-state index in [1.165, 1.54) is 13.1 Å². The number of rotatable bonds is 8. The maximum atomic E-state index is 12.3. The van der Waals surface area contributed by atoms with Crippen LogP contribution in [-0.2, 0) is 4.74 Å². The highest BCUT2D eigenvalue weighted by Crippen LogP contribution is 2.34. The van der Waals surface area contributed by atoms with Crippen LogP contribution in [0.15, 0.2) is 29.4 Å². The van der Waals surface area contributed by atoms with E-state index in [0.717, 1.165) is 11.3 Å². The van der Waals surface area contributed by atoms with Gasteiger partial charge in [-0.15, -0.1) is 11.3 Å². The fourth-order valence-corrected chi connectivity index (χ4v) is 3.64. The monoisotopic (exact) mass is 417 g/mol. The number of anilines is 1. The number of nitrogens with one attached hydrogen (secondary N) is 2. The summed E-state index contributed by atoms with van der Waals surface area (Å²) in [6.07, 6.45) is 1.46. The Bertz CT molecular complexity index is 936. The molecule has 0 saturated heterocycles. The number of benzene rings is 1. The minimum Gasteiger partial charge on any atom is -0.493 e. The van der Waals surface area contributed by atoms with E-state index in [2.05, 4.69) is 15.8 Å². The fraction of sp³-hybridized carbons (Fsp3) is 0.300.